The van der Waals surface area contributed by atoms with Crippen molar-refractivity contribution in [3.63, 3.8) is 0 Å². The number of aromatic hydroxyl groups is 2. The molecule has 1 aromatic carbocycles. The van der Waals surface area contributed by atoms with Crippen LogP contribution in [0, 0.1) is 0 Å². The number of phenols is 2. The van der Waals surface area contributed by atoms with Crippen molar-refractivity contribution in [2.75, 3.05) is 0 Å². The van der Waals surface area contributed by atoms with E-state index in [0.717, 1.165) is 0 Å². The zero-order valence-corrected chi connectivity index (χ0v) is 8.83. The van der Waals surface area contributed by atoms with Crippen LogP contribution in [-0.2, 0) is 9.59 Å². The average Bonchev–Trinajstić information content (AvgIpc) is 2.19. The topological polar surface area (TPSA) is 115 Å². The molecule has 0 atom stereocenters. The van der Waals surface area contributed by atoms with Crippen molar-refractivity contribution >= 4 is 11.9 Å². The summed E-state index contributed by atoms with van der Waals surface area (Å²) in [5.41, 5.74) is 0.120. The largest absolute Gasteiger partial charge is 0.508 e. The first-order valence-electron chi connectivity index (χ1n) is 4.85. The molecule has 0 aliphatic rings. The lowest BCUT2D eigenvalue weighted by Gasteiger charge is -2.14. The van der Waals surface area contributed by atoms with E-state index in [4.69, 9.17) is 10.2 Å². The van der Waals surface area contributed by atoms with Crippen LogP contribution in [0.2, 0.25) is 0 Å². The zero-order chi connectivity index (χ0) is 13.0. The summed E-state index contributed by atoms with van der Waals surface area (Å²) in [7, 11) is 0. The Morgan fingerprint density at radius 3 is 2.06 bits per heavy atom. The van der Waals surface area contributed by atoms with Gasteiger partial charge in [0, 0.05) is 11.5 Å². The van der Waals surface area contributed by atoms with Gasteiger partial charge in [-0.15, -0.1) is 0 Å². The molecule has 0 saturated carbocycles. The van der Waals surface area contributed by atoms with E-state index < -0.39 is 30.7 Å². The lowest BCUT2D eigenvalue weighted by molar-refractivity contribution is -0.139. The highest BCUT2D eigenvalue weighted by Gasteiger charge is 2.22. The van der Waals surface area contributed by atoms with Crippen molar-refractivity contribution in [3.8, 4) is 11.5 Å². The summed E-state index contributed by atoms with van der Waals surface area (Å²) in [5.74, 6) is -3.59. The number of hydrogen-bond donors (Lipinski definition) is 4. The number of carboxylic acid groups (broad SMARTS) is 2. The standard InChI is InChI=1S/C11H12O6/c12-7-1-2-9(13)8(5-7)6(3-10(14)15)4-11(16)17/h1-2,5-6,12-13H,3-4H2,(H,14,15)(H,16,17). The second-order valence-corrected chi connectivity index (χ2v) is 3.64. The third-order valence-electron chi connectivity index (χ3n) is 2.29. The molecular weight excluding hydrogens is 228 g/mol. The molecule has 0 aromatic heterocycles. The molecule has 0 amide bonds. The molecule has 0 heterocycles. The second-order valence-electron chi connectivity index (χ2n) is 3.64. The highest BCUT2D eigenvalue weighted by Crippen LogP contribution is 2.33. The van der Waals surface area contributed by atoms with Crippen LogP contribution in [0.15, 0.2) is 18.2 Å². The maximum Gasteiger partial charge on any atom is 0.303 e. The van der Waals surface area contributed by atoms with Crippen LogP contribution in [0.1, 0.15) is 24.3 Å². The Kier molecular flexibility index (Phi) is 3.92. The van der Waals surface area contributed by atoms with Gasteiger partial charge >= 0.3 is 11.9 Å². The smallest absolute Gasteiger partial charge is 0.303 e. The van der Waals surface area contributed by atoms with Crippen molar-refractivity contribution in [3.05, 3.63) is 23.8 Å². The molecule has 0 fully saturated rings. The van der Waals surface area contributed by atoms with Gasteiger partial charge < -0.3 is 20.4 Å². The number of aliphatic carboxylic acids is 2. The van der Waals surface area contributed by atoms with Crippen LogP contribution in [0.25, 0.3) is 0 Å². The van der Waals surface area contributed by atoms with Crippen LogP contribution in [0.3, 0.4) is 0 Å². The van der Waals surface area contributed by atoms with Gasteiger partial charge in [0.15, 0.2) is 0 Å². The summed E-state index contributed by atoms with van der Waals surface area (Å²) in [4.78, 5) is 21.2. The molecule has 0 spiro atoms. The summed E-state index contributed by atoms with van der Waals surface area (Å²) in [6.45, 7) is 0. The fourth-order valence-electron chi connectivity index (χ4n) is 1.58. The highest BCUT2D eigenvalue weighted by molar-refractivity contribution is 5.73. The summed E-state index contributed by atoms with van der Waals surface area (Å²) >= 11 is 0. The maximum absolute atomic E-state index is 10.6. The Balaban J connectivity index is 3.06. The van der Waals surface area contributed by atoms with E-state index in [-0.39, 0.29) is 17.1 Å². The van der Waals surface area contributed by atoms with E-state index in [1.54, 1.807) is 0 Å². The Hall–Kier alpha value is -2.24. The molecule has 0 bridgehead atoms. The molecule has 0 aliphatic carbocycles. The Morgan fingerprint density at radius 1 is 1.06 bits per heavy atom. The Morgan fingerprint density at radius 2 is 1.59 bits per heavy atom. The first-order valence-corrected chi connectivity index (χ1v) is 4.85. The minimum absolute atomic E-state index is 0.120. The molecule has 6 heteroatoms. The summed E-state index contributed by atoms with van der Waals surface area (Å²) in [5, 5.41) is 36.1. The van der Waals surface area contributed by atoms with Crippen LogP contribution in [0.4, 0.5) is 0 Å². The van der Waals surface area contributed by atoms with E-state index in [1.165, 1.54) is 18.2 Å². The van der Waals surface area contributed by atoms with Gasteiger partial charge in [-0.05, 0) is 18.2 Å². The molecule has 0 saturated heterocycles. The van der Waals surface area contributed by atoms with Gasteiger partial charge in [0.1, 0.15) is 11.5 Å². The number of hydrogen-bond acceptors (Lipinski definition) is 4. The first kappa shape index (κ1) is 12.8. The molecule has 1 rings (SSSR count). The molecule has 17 heavy (non-hydrogen) atoms. The number of benzene rings is 1. The monoisotopic (exact) mass is 240 g/mol. The highest BCUT2D eigenvalue weighted by atomic mass is 16.4. The Bertz CT molecular complexity index is 424. The van der Waals surface area contributed by atoms with Crippen LogP contribution in [-0.4, -0.2) is 32.4 Å². The van der Waals surface area contributed by atoms with Crippen molar-refractivity contribution in [1.29, 1.82) is 0 Å². The molecule has 92 valence electrons. The first-order chi connectivity index (χ1) is 7.90. The third kappa shape index (κ3) is 3.67. The number of carbonyl (C=O) groups is 2. The summed E-state index contributed by atoms with van der Waals surface area (Å²) < 4.78 is 0. The molecule has 0 unspecified atom stereocenters. The average molecular weight is 240 g/mol. The van der Waals surface area contributed by atoms with Crippen LogP contribution < -0.4 is 0 Å². The van der Waals surface area contributed by atoms with Gasteiger partial charge in [0.25, 0.3) is 0 Å². The quantitative estimate of drug-likeness (QED) is 0.573. The van der Waals surface area contributed by atoms with Gasteiger partial charge in [-0.3, -0.25) is 9.59 Å². The summed E-state index contributed by atoms with van der Waals surface area (Å²) in [6, 6.07) is 3.60. The maximum atomic E-state index is 10.6. The lowest BCUT2D eigenvalue weighted by atomic mass is 9.91. The number of carboxylic acids is 2. The number of rotatable bonds is 5. The van der Waals surface area contributed by atoms with Gasteiger partial charge in [0.05, 0.1) is 12.8 Å². The van der Waals surface area contributed by atoms with Crippen molar-refractivity contribution in [2.45, 2.75) is 18.8 Å². The van der Waals surface area contributed by atoms with Crippen molar-refractivity contribution in [2.24, 2.45) is 0 Å². The van der Waals surface area contributed by atoms with Gasteiger partial charge in [0.2, 0.25) is 0 Å². The predicted octanol–water partition coefficient (Wildman–Crippen LogP) is 1.13. The van der Waals surface area contributed by atoms with Crippen LogP contribution >= 0.6 is 0 Å². The molecule has 4 N–H and O–H groups in total. The van der Waals surface area contributed by atoms with E-state index in [2.05, 4.69) is 0 Å². The molecule has 0 aliphatic heterocycles. The summed E-state index contributed by atoms with van der Waals surface area (Å²) in [6.07, 6.45) is -0.855. The van der Waals surface area contributed by atoms with Crippen molar-refractivity contribution in [1.82, 2.24) is 0 Å². The predicted molar refractivity (Wildman–Crippen MR) is 57.0 cm³/mol. The van der Waals surface area contributed by atoms with E-state index in [1.807, 2.05) is 0 Å². The molecular formula is C11H12O6. The van der Waals surface area contributed by atoms with Gasteiger partial charge in [-0.2, -0.15) is 0 Å². The molecule has 6 nitrogen and oxygen atoms in total. The van der Waals surface area contributed by atoms with E-state index in [0.29, 0.717) is 0 Å². The van der Waals surface area contributed by atoms with E-state index in [9.17, 15) is 19.8 Å². The third-order valence-corrected chi connectivity index (χ3v) is 2.29. The molecule has 1 aromatic rings. The van der Waals surface area contributed by atoms with Gasteiger partial charge in [-0.1, -0.05) is 0 Å². The minimum Gasteiger partial charge on any atom is -0.508 e. The SMILES string of the molecule is O=C(O)CC(CC(=O)O)c1cc(O)ccc1O. The fraction of sp³-hybridized carbons (Fsp3) is 0.273. The lowest BCUT2D eigenvalue weighted by Crippen LogP contribution is -2.11. The van der Waals surface area contributed by atoms with Crippen molar-refractivity contribution < 1.29 is 30.0 Å². The molecule has 0 radical (unpaired) electrons. The van der Waals surface area contributed by atoms with Gasteiger partial charge in [-0.25, -0.2) is 0 Å². The normalized spacial score (nSPS) is 10.4. The second kappa shape index (κ2) is 5.20. The van der Waals surface area contributed by atoms with E-state index >= 15 is 0 Å². The Labute approximate surface area is 96.8 Å². The van der Waals surface area contributed by atoms with Crippen LogP contribution in [0.5, 0.6) is 11.5 Å². The fourth-order valence-corrected chi connectivity index (χ4v) is 1.58. The number of phenolic OH excluding ortho intramolecular Hbond substituents is 2. The zero-order valence-electron chi connectivity index (χ0n) is 8.83. The minimum atomic E-state index is -1.17.